The van der Waals surface area contributed by atoms with E-state index in [1.807, 2.05) is 6.20 Å². The molecule has 78 valence electrons. The van der Waals surface area contributed by atoms with Crippen molar-refractivity contribution in [3.05, 3.63) is 16.1 Å². The van der Waals surface area contributed by atoms with Crippen molar-refractivity contribution in [2.45, 2.75) is 11.9 Å². The molecule has 0 radical (unpaired) electrons. The zero-order valence-electron chi connectivity index (χ0n) is 7.91. The van der Waals surface area contributed by atoms with E-state index in [0.29, 0.717) is 0 Å². The van der Waals surface area contributed by atoms with Crippen LogP contribution in [0.3, 0.4) is 0 Å². The van der Waals surface area contributed by atoms with Gasteiger partial charge in [0.05, 0.1) is 19.8 Å². The molecule has 2 heterocycles. The lowest BCUT2D eigenvalue weighted by atomic mass is 10.4. The van der Waals surface area contributed by atoms with Crippen molar-refractivity contribution in [3.8, 4) is 0 Å². The highest BCUT2D eigenvalue weighted by Crippen LogP contribution is 2.17. The van der Waals surface area contributed by atoms with Gasteiger partial charge in [0, 0.05) is 29.5 Å². The van der Waals surface area contributed by atoms with Crippen molar-refractivity contribution in [3.63, 3.8) is 0 Å². The SMILES string of the molecule is BrCc1cnc(CN2CCOCC2)s1. The van der Waals surface area contributed by atoms with Crippen LogP contribution in [0.25, 0.3) is 0 Å². The number of morpholine rings is 1. The monoisotopic (exact) mass is 276 g/mol. The largest absolute Gasteiger partial charge is 0.379 e. The third kappa shape index (κ3) is 2.76. The second-order valence-electron chi connectivity index (χ2n) is 3.24. The molecule has 0 saturated carbocycles. The Bertz CT molecular complexity index is 286. The van der Waals surface area contributed by atoms with Gasteiger partial charge in [0.25, 0.3) is 0 Å². The highest BCUT2D eigenvalue weighted by atomic mass is 79.9. The molecule has 0 unspecified atom stereocenters. The third-order valence-corrected chi connectivity index (χ3v) is 4.15. The molecule has 0 N–H and O–H groups in total. The zero-order valence-corrected chi connectivity index (χ0v) is 10.3. The Morgan fingerprint density at radius 3 is 2.93 bits per heavy atom. The molecule has 0 aliphatic carbocycles. The lowest BCUT2D eigenvalue weighted by Crippen LogP contribution is -2.35. The van der Waals surface area contributed by atoms with E-state index >= 15 is 0 Å². The van der Waals surface area contributed by atoms with E-state index in [2.05, 4.69) is 25.8 Å². The van der Waals surface area contributed by atoms with Crippen LogP contribution in [-0.2, 0) is 16.6 Å². The number of ether oxygens (including phenoxy) is 1. The molecule has 2 rings (SSSR count). The topological polar surface area (TPSA) is 25.4 Å². The van der Waals surface area contributed by atoms with Crippen LogP contribution in [0.1, 0.15) is 9.88 Å². The number of halogens is 1. The molecule has 0 aromatic carbocycles. The molecule has 1 aliphatic heterocycles. The molecule has 0 atom stereocenters. The van der Waals surface area contributed by atoms with E-state index in [1.165, 1.54) is 9.88 Å². The van der Waals surface area contributed by atoms with Crippen LogP contribution in [0.4, 0.5) is 0 Å². The molecule has 1 fully saturated rings. The van der Waals surface area contributed by atoms with Gasteiger partial charge >= 0.3 is 0 Å². The summed E-state index contributed by atoms with van der Waals surface area (Å²) in [6.45, 7) is 4.75. The van der Waals surface area contributed by atoms with Crippen LogP contribution in [0, 0.1) is 0 Å². The van der Waals surface area contributed by atoms with E-state index in [-0.39, 0.29) is 0 Å². The second-order valence-corrected chi connectivity index (χ2v) is 5.00. The summed E-state index contributed by atoms with van der Waals surface area (Å²) in [4.78, 5) is 8.08. The van der Waals surface area contributed by atoms with Crippen LogP contribution in [-0.4, -0.2) is 36.2 Å². The van der Waals surface area contributed by atoms with Gasteiger partial charge < -0.3 is 4.74 Å². The molecule has 1 aliphatic rings. The maximum Gasteiger partial charge on any atom is 0.107 e. The molecule has 1 aromatic rings. The van der Waals surface area contributed by atoms with Gasteiger partial charge in [-0.25, -0.2) is 4.98 Å². The summed E-state index contributed by atoms with van der Waals surface area (Å²) in [7, 11) is 0. The molecule has 0 amide bonds. The molecule has 0 spiro atoms. The summed E-state index contributed by atoms with van der Waals surface area (Å²) < 4.78 is 5.30. The summed E-state index contributed by atoms with van der Waals surface area (Å²) in [5.41, 5.74) is 0. The highest BCUT2D eigenvalue weighted by molar-refractivity contribution is 9.08. The van der Waals surface area contributed by atoms with Crippen molar-refractivity contribution < 1.29 is 4.74 Å². The Hall–Kier alpha value is 0.0300. The van der Waals surface area contributed by atoms with Gasteiger partial charge in [0.2, 0.25) is 0 Å². The Morgan fingerprint density at radius 2 is 2.29 bits per heavy atom. The lowest BCUT2D eigenvalue weighted by molar-refractivity contribution is 0.0341. The molecule has 1 saturated heterocycles. The van der Waals surface area contributed by atoms with Crippen LogP contribution in [0.15, 0.2) is 6.20 Å². The van der Waals surface area contributed by atoms with E-state index < -0.39 is 0 Å². The first kappa shape index (κ1) is 10.5. The highest BCUT2D eigenvalue weighted by Gasteiger charge is 2.12. The lowest BCUT2D eigenvalue weighted by Gasteiger charge is -2.25. The number of hydrogen-bond donors (Lipinski definition) is 0. The van der Waals surface area contributed by atoms with Gasteiger partial charge in [-0.05, 0) is 0 Å². The fourth-order valence-corrected chi connectivity index (χ4v) is 2.74. The van der Waals surface area contributed by atoms with Gasteiger partial charge in [0.15, 0.2) is 0 Å². The van der Waals surface area contributed by atoms with E-state index in [0.717, 1.165) is 38.2 Å². The number of aromatic nitrogens is 1. The van der Waals surface area contributed by atoms with Gasteiger partial charge in [0.1, 0.15) is 5.01 Å². The van der Waals surface area contributed by atoms with Crippen molar-refractivity contribution in [2.75, 3.05) is 26.3 Å². The fraction of sp³-hybridized carbons (Fsp3) is 0.667. The number of alkyl halides is 1. The molecule has 3 nitrogen and oxygen atoms in total. The van der Waals surface area contributed by atoms with Gasteiger partial charge in [-0.2, -0.15) is 0 Å². The predicted octanol–water partition coefficient (Wildman–Crippen LogP) is 1.87. The van der Waals surface area contributed by atoms with Crippen molar-refractivity contribution in [1.29, 1.82) is 0 Å². The molecule has 14 heavy (non-hydrogen) atoms. The molecule has 0 bridgehead atoms. The summed E-state index contributed by atoms with van der Waals surface area (Å²) in [5.74, 6) is 0. The maximum absolute atomic E-state index is 5.30. The molecule has 5 heteroatoms. The zero-order chi connectivity index (χ0) is 9.80. The van der Waals surface area contributed by atoms with Gasteiger partial charge in [-0.15, -0.1) is 11.3 Å². The summed E-state index contributed by atoms with van der Waals surface area (Å²) >= 11 is 5.22. The third-order valence-electron chi connectivity index (χ3n) is 2.20. The Balaban J connectivity index is 1.89. The van der Waals surface area contributed by atoms with Crippen molar-refractivity contribution in [1.82, 2.24) is 9.88 Å². The Kier molecular flexibility index (Phi) is 3.92. The standard InChI is InChI=1S/C9H13BrN2OS/c10-5-8-6-11-9(14-8)7-12-1-3-13-4-2-12/h6H,1-5,7H2. The van der Waals surface area contributed by atoms with Crippen LogP contribution in [0.5, 0.6) is 0 Å². The van der Waals surface area contributed by atoms with Crippen molar-refractivity contribution >= 4 is 27.3 Å². The summed E-state index contributed by atoms with van der Waals surface area (Å²) in [5, 5.41) is 2.12. The molecule has 1 aromatic heterocycles. The van der Waals surface area contributed by atoms with E-state index in [9.17, 15) is 0 Å². The second kappa shape index (κ2) is 5.21. The first-order valence-electron chi connectivity index (χ1n) is 4.68. The quantitative estimate of drug-likeness (QED) is 0.789. The maximum atomic E-state index is 5.30. The Morgan fingerprint density at radius 1 is 1.50 bits per heavy atom. The number of thiazole rings is 1. The first-order valence-corrected chi connectivity index (χ1v) is 6.62. The van der Waals surface area contributed by atoms with Crippen LogP contribution < -0.4 is 0 Å². The number of hydrogen-bond acceptors (Lipinski definition) is 4. The average Bonchev–Trinajstić information content (AvgIpc) is 2.67. The van der Waals surface area contributed by atoms with Crippen LogP contribution >= 0.6 is 27.3 Å². The number of nitrogens with zero attached hydrogens (tertiary/aromatic N) is 2. The fourth-order valence-electron chi connectivity index (χ4n) is 1.43. The summed E-state index contributed by atoms with van der Waals surface area (Å²) in [6, 6.07) is 0. The molecular formula is C9H13BrN2OS. The van der Waals surface area contributed by atoms with Gasteiger partial charge in [-0.3, -0.25) is 4.90 Å². The molecular weight excluding hydrogens is 264 g/mol. The average molecular weight is 277 g/mol. The van der Waals surface area contributed by atoms with Gasteiger partial charge in [-0.1, -0.05) is 15.9 Å². The minimum absolute atomic E-state index is 0.858. The van der Waals surface area contributed by atoms with Crippen molar-refractivity contribution in [2.24, 2.45) is 0 Å². The minimum Gasteiger partial charge on any atom is -0.379 e. The van der Waals surface area contributed by atoms with E-state index in [4.69, 9.17) is 4.74 Å². The smallest absolute Gasteiger partial charge is 0.107 e. The van der Waals surface area contributed by atoms with E-state index in [1.54, 1.807) is 11.3 Å². The van der Waals surface area contributed by atoms with Crippen LogP contribution in [0.2, 0.25) is 0 Å². The summed E-state index contributed by atoms with van der Waals surface area (Å²) in [6.07, 6.45) is 1.95. The Labute approximate surface area is 96.2 Å². The minimum atomic E-state index is 0.858. The predicted molar refractivity (Wildman–Crippen MR) is 60.8 cm³/mol. The number of rotatable bonds is 3. The first-order chi connectivity index (χ1) is 6.88. The normalized spacial score (nSPS) is 18.6.